The second kappa shape index (κ2) is 8.24. The highest BCUT2D eigenvalue weighted by atomic mass is 16.3. The number of anilines is 1. The van der Waals surface area contributed by atoms with Gasteiger partial charge in [-0.1, -0.05) is 30.8 Å². The van der Waals surface area contributed by atoms with Gasteiger partial charge in [0.2, 0.25) is 5.91 Å². The summed E-state index contributed by atoms with van der Waals surface area (Å²) in [6.45, 7) is 6.53. The van der Waals surface area contributed by atoms with E-state index in [1.54, 1.807) is 4.90 Å². The molecule has 8 heteroatoms. The van der Waals surface area contributed by atoms with E-state index in [0.29, 0.717) is 32.2 Å². The molecule has 2 atom stereocenters. The van der Waals surface area contributed by atoms with Gasteiger partial charge in [-0.25, -0.2) is 0 Å². The van der Waals surface area contributed by atoms with Gasteiger partial charge in [0.1, 0.15) is 5.82 Å². The smallest absolute Gasteiger partial charge is 0.316 e. The number of amides is 1. The van der Waals surface area contributed by atoms with Gasteiger partial charge in [-0.05, 0) is 30.0 Å². The monoisotopic (exact) mass is 430 g/mol. The van der Waals surface area contributed by atoms with E-state index in [9.17, 15) is 15.2 Å². The molecule has 8 nitrogen and oxygen atoms in total. The van der Waals surface area contributed by atoms with E-state index in [-0.39, 0.29) is 24.4 Å². The summed E-state index contributed by atoms with van der Waals surface area (Å²) >= 11 is 0. The number of hydrogen-bond acceptors (Lipinski definition) is 7. The van der Waals surface area contributed by atoms with Gasteiger partial charge in [-0.3, -0.25) is 9.69 Å². The van der Waals surface area contributed by atoms with Crippen molar-refractivity contribution in [3.63, 3.8) is 0 Å². The third-order valence-electron chi connectivity index (χ3n) is 6.88. The van der Waals surface area contributed by atoms with Crippen LogP contribution in [0.4, 0.5) is 5.82 Å². The van der Waals surface area contributed by atoms with Crippen LogP contribution in [0.15, 0.2) is 36.9 Å². The lowest BCUT2D eigenvalue weighted by Gasteiger charge is -2.41. The Hall–Kier alpha value is -3.44. The third-order valence-corrected chi connectivity index (χ3v) is 6.88. The van der Waals surface area contributed by atoms with Crippen molar-refractivity contribution in [2.45, 2.75) is 44.4 Å². The minimum atomic E-state index is -0.244. The van der Waals surface area contributed by atoms with Crippen molar-refractivity contribution in [3.8, 4) is 12.1 Å². The maximum absolute atomic E-state index is 12.2. The molecule has 3 heterocycles. The van der Waals surface area contributed by atoms with Crippen LogP contribution in [0.5, 0.6) is 6.01 Å². The molecule has 32 heavy (non-hydrogen) atoms. The first kappa shape index (κ1) is 20.5. The van der Waals surface area contributed by atoms with Crippen molar-refractivity contribution >= 4 is 11.7 Å². The predicted octanol–water partition coefficient (Wildman–Crippen LogP) is 2.30. The number of nitrogens with zero attached hydrogens (tertiary/aromatic N) is 6. The van der Waals surface area contributed by atoms with Crippen LogP contribution in [0.25, 0.3) is 0 Å². The fourth-order valence-corrected chi connectivity index (χ4v) is 5.38. The van der Waals surface area contributed by atoms with Gasteiger partial charge in [0.25, 0.3) is 0 Å². The first-order chi connectivity index (χ1) is 15.6. The Morgan fingerprint density at radius 3 is 2.94 bits per heavy atom. The molecule has 1 saturated heterocycles. The molecule has 0 radical (unpaired) electrons. The molecule has 164 valence electrons. The molecule has 3 aliphatic rings. The maximum atomic E-state index is 12.2. The number of fused-ring (bicyclic) bond motifs is 2. The normalized spacial score (nSPS) is 22.3. The molecular formula is C24H26N6O2. The number of carbonyl (C=O) groups is 1. The summed E-state index contributed by atoms with van der Waals surface area (Å²) in [6, 6.07) is 10.7. The Morgan fingerprint density at radius 2 is 2.12 bits per heavy atom. The lowest BCUT2D eigenvalue weighted by atomic mass is 10.1. The molecule has 1 unspecified atom stereocenters. The van der Waals surface area contributed by atoms with Crippen molar-refractivity contribution < 1.29 is 9.90 Å². The second-order valence-electron chi connectivity index (χ2n) is 8.63. The lowest BCUT2D eigenvalue weighted by Crippen LogP contribution is -2.55. The van der Waals surface area contributed by atoms with E-state index >= 15 is 0 Å². The zero-order valence-corrected chi connectivity index (χ0v) is 17.9. The number of carbonyl (C=O) groups excluding carboxylic acids is 1. The number of aromatic hydroxyl groups is 1. The molecule has 0 bridgehead atoms. The molecular weight excluding hydrogens is 404 g/mol. The standard InChI is InChI=1S/C24H26N6O2/c1-2-22(31)30-12-11-28(13-17(30)9-10-25)23-19-14-29(15-20(19)26-24(32)27-23)21-8-7-16-5-3-4-6-18(16)21/h2-6,17,21H,1,7-9,11-15H2,(H,26,27,32)/t17-,21?/m0/s1. The SMILES string of the molecule is C=CC(=O)N1CCN(c2nc(O)nc3c2CN(C2CCc4ccccc42)C3)C[C@@H]1CC#N. The van der Waals surface area contributed by atoms with Gasteiger partial charge >= 0.3 is 6.01 Å². The van der Waals surface area contributed by atoms with E-state index in [2.05, 4.69) is 56.7 Å². The second-order valence-corrected chi connectivity index (χ2v) is 8.63. The maximum Gasteiger partial charge on any atom is 0.316 e. The van der Waals surface area contributed by atoms with E-state index < -0.39 is 0 Å². The Bertz CT molecular complexity index is 1110. The number of aryl methyl sites for hydroxylation is 1. The quantitative estimate of drug-likeness (QED) is 0.744. The molecule has 1 N–H and O–H groups in total. The minimum Gasteiger partial charge on any atom is -0.479 e. The lowest BCUT2D eigenvalue weighted by molar-refractivity contribution is -0.128. The molecule has 1 fully saturated rings. The van der Waals surface area contributed by atoms with Crippen LogP contribution in [-0.2, 0) is 24.3 Å². The molecule has 2 aromatic rings. The summed E-state index contributed by atoms with van der Waals surface area (Å²) in [5, 5.41) is 19.5. The first-order valence-electron chi connectivity index (χ1n) is 11.0. The van der Waals surface area contributed by atoms with Crippen molar-refractivity contribution in [2.24, 2.45) is 0 Å². The average Bonchev–Trinajstić information content (AvgIpc) is 3.42. The van der Waals surface area contributed by atoms with Gasteiger partial charge in [-0.15, -0.1) is 0 Å². The Morgan fingerprint density at radius 1 is 1.28 bits per heavy atom. The highest BCUT2D eigenvalue weighted by molar-refractivity contribution is 5.87. The van der Waals surface area contributed by atoms with Gasteiger partial charge in [0.15, 0.2) is 0 Å². The fourth-order valence-electron chi connectivity index (χ4n) is 5.38. The van der Waals surface area contributed by atoms with Crippen LogP contribution >= 0.6 is 0 Å². The summed E-state index contributed by atoms with van der Waals surface area (Å²) in [5.74, 6) is 0.557. The van der Waals surface area contributed by atoms with E-state index in [1.807, 2.05) is 0 Å². The van der Waals surface area contributed by atoms with Crippen LogP contribution in [0.2, 0.25) is 0 Å². The summed E-state index contributed by atoms with van der Waals surface area (Å²) < 4.78 is 0. The Labute approximate surface area is 187 Å². The number of rotatable bonds is 4. The molecule has 5 rings (SSSR count). The van der Waals surface area contributed by atoms with Crippen LogP contribution in [0.1, 0.15) is 41.3 Å². The number of hydrogen-bond donors (Lipinski definition) is 1. The Balaban J connectivity index is 1.41. The largest absolute Gasteiger partial charge is 0.479 e. The Kier molecular flexibility index (Phi) is 5.27. The van der Waals surface area contributed by atoms with Gasteiger partial charge in [0, 0.05) is 44.3 Å². The zero-order chi connectivity index (χ0) is 22.2. The van der Waals surface area contributed by atoms with Crippen molar-refractivity contribution in [3.05, 3.63) is 59.3 Å². The molecule has 0 spiro atoms. The summed E-state index contributed by atoms with van der Waals surface area (Å²) in [6.07, 6.45) is 3.69. The summed E-state index contributed by atoms with van der Waals surface area (Å²) in [7, 11) is 0. The zero-order valence-electron chi connectivity index (χ0n) is 17.9. The number of piperazine rings is 1. The molecule has 1 aromatic heterocycles. The topological polar surface area (TPSA) is 96.6 Å². The molecule has 1 aromatic carbocycles. The molecule has 1 amide bonds. The van der Waals surface area contributed by atoms with Gasteiger partial charge in [0.05, 0.1) is 24.2 Å². The van der Waals surface area contributed by atoms with E-state index in [4.69, 9.17) is 0 Å². The summed E-state index contributed by atoms with van der Waals surface area (Å²) in [5.41, 5.74) is 4.68. The number of benzene rings is 1. The van der Waals surface area contributed by atoms with Crippen molar-refractivity contribution in [2.75, 3.05) is 24.5 Å². The highest BCUT2D eigenvalue weighted by Crippen LogP contribution is 2.41. The van der Waals surface area contributed by atoms with Crippen molar-refractivity contribution in [1.82, 2.24) is 19.8 Å². The third kappa shape index (κ3) is 3.49. The van der Waals surface area contributed by atoms with Crippen LogP contribution in [0.3, 0.4) is 0 Å². The van der Waals surface area contributed by atoms with Crippen molar-refractivity contribution in [1.29, 1.82) is 5.26 Å². The van der Waals surface area contributed by atoms with Crippen LogP contribution in [-0.4, -0.2) is 56.5 Å². The van der Waals surface area contributed by atoms with Gasteiger partial charge < -0.3 is 14.9 Å². The average molecular weight is 431 g/mol. The fraction of sp³-hybridized carbons (Fsp3) is 0.417. The number of nitriles is 1. The molecule has 1 aliphatic carbocycles. The molecule has 2 aliphatic heterocycles. The molecule has 0 saturated carbocycles. The van der Waals surface area contributed by atoms with E-state index in [1.165, 1.54) is 17.2 Å². The van der Waals surface area contributed by atoms with E-state index in [0.717, 1.165) is 36.5 Å². The van der Waals surface area contributed by atoms with Crippen LogP contribution < -0.4 is 4.90 Å². The predicted molar refractivity (Wildman–Crippen MR) is 119 cm³/mol. The van der Waals surface area contributed by atoms with Gasteiger partial charge in [-0.2, -0.15) is 15.2 Å². The highest BCUT2D eigenvalue weighted by Gasteiger charge is 2.37. The first-order valence-corrected chi connectivity index (χ1v) is 11.0. The summed E-state index contributed by atoms with van der Waals surface area (Å²) in [4.78, 5) is 27.2. The minimum absolute atomic E-state index is 0.160. The number of aromatic nitrogens is 2. The van der Waals surface area contributed by atoms with Crippen LogP contribution in [0, 0.1) is 11.3 Å².